The molecule has 4 nitrogen and oxygen atoms in total. The molecule has 2 aromatic rings. The van der Waals surface area contributed by atoms with E-state index >= 15 is 0 Å². The maximum absolute atomic E-state index is 9.73. The van der Waals surface area contributed by atoms with E-state index in [0.717, 1.165) is 4.88 Å². The van der Waals surface area contributed by atoms with E-state index in [4.69, 9.17) is 15.2 Å². The van der Waals surface area contributed by atoms with Crippen molar-refractivity contribution in [3.63, 3.8) is 0 Å². The summed E-state index contributed by atoms with van der Waals surface area (Å²) in [6.45, 7) is 0.959. The van der Waals surface area contributed by atoms with E-state index in [-0.39, 0.29) is 13.2 Å². The van der Waals surface area contributed by atoms with E-state index in [0.29, 0.717) is 18.0 Å². The van der Waals surface area contributed by atoms with Crippen molar-refractivity contribution in [2.45, 2.75) is 12.7 Å². The molecule has 0 aliphatic rings. The first-order valence-electron chi connectivity index (χ1n) is 6.00. The molecule has 1 heterocycles. The van der Waals surface area contributed by atoms with Crippen molar-refractivity contribution in [2.24, 2.45) is 0 Å². The zero-order chi connectivity index (χ0) is 13.5. The minimum Gasteiger partial charge on any atom is -0.491 e. The van der Waals surface area contributed by atoms with Gasteiger partial charge in [-0.15, -0.1) is 11.3 Å². The molecular formula is C14H17NO3S. The number of nitrogens with two attached hydrogens (primary N) is 1. The van der Waals surface area contributed by atoms with Gasteiger partial charge in [-0.05, 0) is 23.6 Å². The van der Waals surface area contributed by atoms with Crippen LogP contribution in [0, 0.1) is 0 Å². The van der Waals surface area contributed by atoms with Crippen LogP contribution in [0.2, 0.25) is 0 Å². The van der Waals surface area contributed by atoms with Crippen LogP contribution in [0.4, 0.5) is 5.69 Å². The van der Waals surface area contributed by atoms with Gasteiger partial charge in [-0.1, -0.05) is 12.1 Å². The van der Waals surface area contributed by atoms with Gasteiger partial charge in [-0.2, -0.15) is 0 Å². The first-order chi connectivity index (χ1) is 9.24. The average Bonchev–Trinajstić information content (AvgIpc) is 2.90. The second kappa shape index (κ2) is 7.13. The molecule has 3 N–H and O–H groups in total. The lowest BCUT2D eigenvalue weighted by Crippen LogP contribution is -2.23. The fourth-order valence-corrected chi connectivity index (χ4v) is 2.18. The molecule has 1 aromatic carbocycles. The lowest BCUT2D eigenvalue weighted by molar-refractivity contribution is 0.00626. The highest BCUT2D eigenvalue weighted by Crippen LogP contribution is 2.14. The first-order valence-corrected chi connectivity index (χ1v) is 6.88. The summed E-state index contributed by atoms with van der Waals surface area (Å²) in [6.07, 6.45) is -0.651. The number of ether oxygens (including phenoxy) is 2. The summed E-state index contributed by atoms with van der Waals surface area (Å²) in [5.74, 6) is 0.650. The summed E-state index contributed by atoms with van der Waals surface area (Å²) < 4.78 is 10.8. The van der Waals surface area contributed by atoms with Crippen LogP contribution in [0.15, 0.2) is 41.8 Å². The van der Waals surface area contributed by atoms with Crippen LogP contribution >= 0.6 is 11.3 Å². The molecule has 0 radical (unpaired) electrons. The number of benzene rings is 1. The Morgan fingerprint density at radius 1 is 1.21 bits per heavy atom. The number of aliphatic hydroxyl groups is 1. The Morgan fingerprint density at radius 3 is 2.84 bits per heavy atom. The molecule has 0 saturated heterocycles. The zero-order valence-electron chi connectivity index (χ0n) is 10.5. The van der Waals surface area contributed by atoms with Gasteiger partial charge < -0.3 is 20.3 Å². The third-order valence-corrected chi connectivity index (χ3v) is 3.29. The minimum atomic E-state index is -0.651. The largest absolute Gasteiger partial charge is 0.491 e. The van der Waals surface area contributed by atoms with Crippen LogP contribution in [0.1, 0.15) is 4.88 Å². The van der Waals surface area contributed by atoms with Crippen molar-refractivity contribution in [3.8, 4) is 5.75 Å². The van der Waals surface area contributed by atoms with Crippen LogP contribution in [-0.4, -0.2) is 24.4 Å². The van der Waals surface area contributed by atoms with Crippen LogP contribution < -0.4 is 10.5 Å². The van der Waals surface area contributed by atoms with Crippen molar-refractivity contribution in [3.05, 3.63) is 46.7 Å². The number of anilines is 1. The Bertz CT molecular complexity index is 487. The fraction of sp³-hybridized carbons (Fsp3) is 0.286. The quantitative estimate of drug-likeness (QED) is 0.763. The number of hydrogen-bond acceptors (Lipinski definition) is 5. The lowest BCUT2D eigenvalue weighted by atomic mass is 10.3. The highest BCUT2D eigenvalue weighted by molar-refractivity contribution is 7.09. The smallest absolute Gasteiger partial charge is 0.121 e. The molecule has 0 saturated carbocycles. The molecule has 102 valence electrons. The van der Waals surface area contributed by atoms with Gasteiger partial charge in [0.25, 0.3) is 0 Å². The monoisotopic (exact) mass is 279 g/mol. The van der Waals surface area contributed by atoms with Crippen molar-refractivity contribution >= 4 is 17.0 Å². The predicted octanol–water partition coefficient (Wildman–Crippen LogP) is 2.29. The molecule has 1 atom stereocenters. The van der Waals surface area contributed by atoms with Gasteiger partial charge in [0, 0.05) is 16.6 Å². The molecule has 1 unspecified atom stereocenters. The first kappa shape index (κ1) is 13.9. The Balaban J connectivity index is 1.65. The number of rotatable bonds is 7. The van der Waals surface area contributed by atoms with Crippen molar-refractivity contribution in [1.29, 1.82) is 0 Å². The molecule has 5 heteroatoms. The van der Waals surface area contributed by atoms with E-state index in [1.54, 1.807) is 29.5 Å². The normalized spacial score (nSPS) is 12.3. The highest BCUT2D eigenvalue weighted by atomic mass is 32.1. The topological polar surface area (TPSA) is 64.7 Å². The van der Waals surface area contributed by atoms with E-state index < -0.39 is 6.10 Å². The van der Waals surface area contributed by atoms with E-state index in [2.05, 4.69) is 0 Å². The summed E-state index contributed by atoms with van der Waals surface area (Å²) >= 11 is 1.63. The van der Waals surface area contributed by atoms with Crippen molar-refractivity contribution < 1.29 is 14.6 Å². The molecule has 19 heavy (non-hydrogen) atoms. The van der Waals surface area contributed by atoms with Gasteiger partial charge in [0.1, 0.15) is 18.5 Å². The van der Waals surface area contributed by atoms with Gasteiger partial charge >= 0.3 is 0 Å². The molecule has 0 amide bonds. The second-order valence-corrected chi connectivity index (χ2v) is 5.16. The van der Waals surface area contributed by atoms with Gasteiger partial charge in [-0.3, -0.25) is 0 Å². The third-order valence-electron chi connectivity index (χ3n) is 2.44. The highest BCUT2D eigenvalue weighted by Gasteiger charge is 2.06. The molecular weight excluding hydrogens is 262 g/mol. The van der Waals surface area contributed by atoms with Gasteiger partial charge in [0.05, 0.1) is 13.2 Å². The maximum Gasteiger partial charge on any atom is 0.121 e. The molecule has 0 spiro atoms. The van der Waals surface area contributed by atoms with E-state index in [1.807, 2.05) is 23.6 Å². The van der Waals surface area contributed by atoms with Gasteiger partial charge in [0.2, 0.25) is 0 Å². The van der Waals surface area contributed by atoms with Gasteiger partial charge in [-0.25, -0.2) is 0 Å². The van der Waals surface area contributed by atoms with Crippen LogP contribution in [0.25, 0.3) is 0 Å². The van der Waals surface area contributed by atoms with E-state index in [1.165, 1.54) is 0 Å². The summed E-state index contributed by atoms with van der Waals surface area (Å²) in [6, 6.07) is 11.1. The number of hydrogen-bond donors (Lipinski definition) is 2. The Labute approximate surface area is 116 Å². The number of nitrogen functional groups attached to an aromatic ring is 1. The molecule has 0 bridgehead atoms. The van der Waals surface area contributed by atoms with Crippen molar-refractivity contribution in [1.82, 2.24) is 0 Å². The fourth-order valence-electron chi connectivity index (χ4n) is 1.54. The molecule has 0 aliphatic carbocycles. The Hall–Kier alpha value is -1.56. The summed E-state index contributed by atoms with van der Waals surface area (Å²) in [5, 5.41) is 11.7. The molecule has 2 rings (SSSR count). The number of thiophene rings is 1. The second-order valence-electron chi connectivity index (χ2n) is 4.13. The molecule has 0 aliphatic heterocycles. The Kier molecular flexibility index (Phi) is 5.20. The minimum absolute atomic E-state index is 0.188. The van der Waals surface area contributed by atoms with Crippen LogP contribution in [0.5, 0.6) is 5.75 Å². The molecule has 0 fully saturated rings. The van der Waals surface area contributed by atoms with Crippen LogP contribution in [-0.2, 0) is 11.3 Å². The predicted molar refractivity (Wildman–Crippen MR) is 76.3 cm³/mol. The number of aliphatic hydroxyl groups excluding tert-OH is 1. The van der Waals surface area contributed by atoms with Crippen LogP contribution in [0.3, 0.4) is 0 Å². The summed E-state index contributed by atoms with van der Waals surface area (Å²) in [5.41, 5.74) is 6.27. The maximum atomic E-state index is 9.73. The lowest BCUT2D eigenvalue weighted by Gasteiger charge is -2.12. The third kappa shape index (κ3) is 4.90. The Morgan fingerprint density at radius 2 is 2.11 bits per heavy atom. The average molecular weight is 279 g/mol. The van der Waals surface area contributed by atoms with Gasteiger partial charge in [0.15, 0.2) is 0 Å². The standard InChI is InChI=1S/C14H17NO3S/c15-11-3-1-4-13(7-11)18-9-12(16)8-17-10-14-5-2-6-19-14/h1-7,12,16H,8-10,15H2. The SMILES string of the molecule is Nc1cccc(OCC(O)COCc2cccs2)c1. The summed E-state index contributed by atoms with van der Waals surface area (Å²) in [7, 11) is 0. The summed E-state index contributed by atoms with van der Waals surface area (Å²) in [4.78, 5) is 1.14. The van der Waals surface area contributed by atoms with Crippen molar-refractivity contribution in [2.75, 3.05) is 18.9 Å². The zero-order valence-corrected chi connectivity index (χ0v) is 11.3. The van der Waals surface area contributed by atoms with E-state index in [9.17, 15) is 5.11 Å². The molecule has 1 aromatic heterocycles.